The number of aromatic hydroxyl groups is 1. The van der Waals surface area contributed by atoms with E-state index in [1.165, 1.54) is 0 Å². The molecule has 0 unspecified atom stereocenters. The molecule has 0 aromatic heterocycles. The fraction of sp³-hybridized carbons (Fsp3) is 0.231. The number of aliphatic hydroxyl groups is 1. The van der Waals surface area contributed by atoms with Gasteiger partial charge in [-0.2, -0.15) is 0 Å². The molecule has 0 fully saturated rings. The highest BCUT2D eigenvalue weighted by atomic mass is 16.3. The second kappa shape index (κ2) is 7.22. The van der Waals surface area contributed by atoms with Gasteiger partial charge in [-0.3, -0.25) is 0 Å². The topological polar surface area (TPSA) is 64.5 Å². The molecule has 4 heteroatoms. The third-order valence-corrected chi connectivity index (χ3v) is 2.20. The summed E-state index contributed by atoms with van der Waals surface area (Å²) >= 11 is 0. The van der Waals surface area contributed by atoms with E-state index in [4.69, 9.17) is 5.11 Å². The largest absolute Gasteiger partial charge is 0.516 e. The van der Waals surface area contributed by atoms with Gasteiger partial charge in [-0.25, -0.2) is 0 Å². The summed E-state index contributed by atoms with van der Waals surface area (Å²) in [7, 11) is 0. The summed E-state index contributed by atoms with van der Waals surface area (Å²) in [5.41, 5.74) is 1.71. The lowest BCUT2D eigenvalue weighted by molar-refractivity contribution is 0.465. The van der Waals surface area contributed by atoms with Gasteiger partial charge >= 0.3 is 0 Å². The molecule has 0 heterocycles. The zero-order valence-corrected chi connectivity index (χ0v) is 9.85. The summed E-state index contributed by atoms with van der Waals surface area (Å²) < 4.78 is 0. The summed E-state index contributed by atoms with van der Waals surface area (Å²) in [6, 6.07) is 7.20. The summed E-state index contributed by atoms with van der Waals surface area (Å²) in [5.74, 6) is 0.292. The van der Waals surface area contributed by atoms with Crippen LogP contribution in [0.2, 0.25) is 0 Å². The lowest BCUT2D eigenvalue weighted by Gasteiger charge is -2.04. The fourth-order valence-corrected chi connectivity index (χ4v) is 1.21. The SMILES string of the molecule is C/C(=C/O)CN/C=C\NCc1ccccc1O. The maximum atomic E-state index is 9.50. The van der Waals surface area contributed by atoms with E-state index in [9.17, 15) is 5.11 Å². The summed E-state index contributed by atoms with van der Waals surface area (Å²) in [6.45, 7) is 3.00. The molecular weight excluding hydrogens is 216 g/mol. The van der Waals surface area contributed by atoms with Gasteiger partial charge in [0.05, 0.1) is 6.26 Å². The van der Waals surface area contributed by atoms with Crippen LogP contribution in [0.15, 0.2) is 48.5 Å². The quantitative estimate of drug-likeness (QED) is 0.568. The number of para-hydroxylation sites is 1. The molecule has 0 saturated carbocycles. The van der Waals surface area contributed by atoms with Crippen molar-refractivity contribution in [2.45, 2.75) is 13.5 Å². The molecule has 0 radical (unpaired) electrons. The Morgan fingerprint density at radius 3 is 2.65 bits per heavy atom. The van der Waals surface area contributed by atoms with Crippen LogP contribution in [0.1, 0.15) is 12.5 Å². The van der Waals surface area contributed by atoms with Gasteiger partial charge in [0, 0.05) is 31.1 Å². The number of phenols is 1. The average Bonchev–Trinajstić information content (AvgIpc) is 2.35. The molecule has 0 spiro atoms. The van der Waals surface area contributed by atoms with Crippen LogP contribution >= 0.6 is 0 Å². The standard InChI is InChI=1S/C13H18N2O2/c1-11(10-16)8-14-6-7-15-9-12-4-2-3-5-13(12)17/h2-7,10,14-17H,8-9H2,1H3/b7-6-,11-10-. The predicted octanol–water partition coefficient (Wildman–Crippen LogP) is 2.00. The first-order valence-electron chi connectivity index (χ1n) is 5.42. The highest BCUT2D eigenvalue weighted by Crippen LogP contribution is 2.14. The van der Waals surface area contributed by atoms with Crippen molar-refractivity contribution in [2.24, 2.45) is 0 Å². The second-order valence-corrected chi connectivity index (χ2v) is 3.70. The van der Waals surface area contributed by atoms with Gasteiger partial charge < -0.3 is 20.8 Å². The number of rotatable bonds is 6. The van der Waals surface area contributed by atoms with E-state index < -0.39 is 0 Å². The Kier molecular flexibility index (Phi) is 5.51. The van der Waals surface area contributed by atoms with Crippen molar-refractivity contribution in [3.05, 3.63) is 54.1 Å². The normalized spacial score (nSPS) is 11.7. The van der Waals surface area contributed by atoms with Crippen LogP contribution in [0.3, 0.4) is 0 Å². The number of hydrogen-bond acceptors (Lipinski definition) is 4. The average molecular weight is 234 g/mol. The Bertz CT molecular complexity index is 400. The van der Waals surface area contributed by atoms with Gasteiger partial charge in [-0.05, 0) is 18.6 Å². The molecule has 1 rings (SSSR count). The fourth-order valence-electron chi connectivity index (χ4n) is 1.21. The van der Waals surface area contributed by atoms with Gasteiger partial charge in [0.15, 0.2) is 0 Å². The van der Waals surface area contributed by atoms with Crippen molar-refractivity contribution < 1.29 is 10.2 Å². The zero-order valence-electron chi connectivity index (χ0n) is 9.85. The zero-order chi connectivity index (χ0) is 12.5. The van der Waals surface area contributed by atoms with E-state index in [-0.39, 0.29) is 0 Å². The maximum Gasteiger partial charge on any atom is 0.120 e. The van der Waals surface area contributed by atoms with Crippen LogP contribution in [-0.4, -0.2) is 16.8 Å². The van der Waals surface area contributed by atoms with E-state index in [1.807, 2.05) is 19.1 Å². The Hall–Kier alpha value is -2.10. The third-order valence-electron chi connectivity index (χ3n) is 2.20. The minimum absolute atomic E-state index is 0.292. The minimum Gasteiger partial charge on any atom is -0.516 e. The number of nitrogens with one attached hydrogen (secondary N) is 2. The lowest BCUT2D eigenvalue weighted by atomic mass is 10.2. The number of benzene rings is 1. The number of phenolic OH excluding ortho intramolecular Hbond substituents is 1. The van der Waals surface area contributed by atoms with Gasteiger partial charge in [-0.15, -0.1) is 0 Å². The molecule has 4 nitrogen and oxygen atoms in total. The molecule has 0 saturated heterocycles. The van der Waals surface area contributed by atoms with E-state index in [1.54, 1.807) is 24.5 Å². The van der Waals surface area contributed by atoms with E-state index >= 15 is 0 Å². The van der Waals surface area contributed by atoms with Crippen molar-refractivity contribution in [2.75, 3.05) is 6.54 Å². The van der Waals surface area contributed by atoms with E-state index in [2.05, 4.69) is 10.6 Å². The van der Waals surface area contributed by atoms with Crippen molar-refractivity contribution in [3.63, 3.8) is 0 Å². The van der Waals surface area contributed by atoms with E-state index in [0.717, 1.165) is 17.4 Å². The Morgan fingerprint density at radius 2 is 1.94 bits per heavy atom. The first-order chi connectivity index (χ1) is 8.24. The molecular formula is C13H18N2O2. The van der Waals surface area contributed by atoms with Gasteiger partial charge in [0.2, 0.25) is 0 Å². The molecule has 0 bridgehead atoms. The molecule has 1 aromatic rings. The monoisotopic (exact) mass is 234 g/mol. The van der Waals surface area contributed by atoms with Crippen LogP contribution in [0.5, 0.6) is 5.75 Å². The summed E-state index contributed by atoms with van der Waals surface area (Å²) in [6.07, 6.45) is 4.60. The van der Waals surface area contributed by atoms with Crippen molar-refractivity contribution in [3.8, 4) is 5.75 Å². The van der Waals surface area contributed by atoms with Crippen molar-refractivity contribution in [1.29, 1.82) is 0 Å². The molecule has 17 heavy (non-hydrogen) atoms. The first-order valence-corrected chi connectivity index (χ1v) is 5.42. The maximum absolute atomic E-state index is 9.50. The summed E-state index contributed by atoms with van der Waals surface area (Å²) in [5, 5.41) is 24.2. The third kappa shape index (κ3) is 4.97. The summed E-state index contributed by atoms with van der Waals surface area (Å²) in [4.78, 5) is 0. The van der Waals surface area contributed by atoms with E-state index in [0.29, 0.717) is 18.8 Å². The second-order valence-electron chi connectivity index (χ2n) is 3.70. The molecule has 1 aromatic carbocycles. The minimum atomic E-state index is 0.292. The van der Waals surface area contributed by atoms with Crippen LogP contribution in [-0.2, 0) is 6.54 Å². The Morgan fingerprint density at radius 1 is 1.24 bits per heavy atom. The molecule has 0 aliphatic heterocycles. The van der Waals surface area contributed by atoms with Gasteiger partial charge in [-0.1, -0.05) is 18.2 Å². The van der Waals surface area contributed by atoms with Crippen molar-refractivity contribution >= 4 is 0 Å². The molecule has 0 aliphatic rings. The highest BCUT2D eigenvalue weighted by Gasteiger charge is 1.95. The van der Waals surface area contributed by atoms with Crippen LogP contribution in [0, 0.1) is 0 Å². The van der Waals surface area contributed by atoms with Crippen molar-refractivity contribution in [1.82, 2.24) is 10.6 Å². The molecule has 92 valence electrons. The van der Waals surface area contributed by atoms with Crippen LogP contribution in [0.25, 0.3) is 0 Å². The predicted molar refractivity (Wildman–Crippen MR) is 68.5 cm³/mol. The van der Waals surface area contributed by atoms with Gasteiger partial charge in [0.1, 0.15) is 5.75 Å². The van der Waals surface area contributed by atoms with Gasteiger partial charge in [0.25, 0.3) is 0 Å². The molecule has 4 N–H and O–H groups in total. The highest BCUT2D eigenvalue weighted by molar-refractivity contribution is 5.31. The smallest absolute Gasteiger partial charge is 0.120 e. The molecule has 0 aliphatic carbocycles. The number of aliphatic hydroxyl groups excluding tert-OH is 1. The van der Waals surface area contributed by atoms with Crippen LogP contribution < -0.4 is 10.6 Å². The van der Waals surface area contributed by atoms with Crippen LogP contribution in [0.4, 0.5) is 0 Å². The molecule has 0 amide bonds. The first kappa shape index (κ1) is 13.0. The Balaban J connectivity index is 2.24. The Labute approximate surface area is 101 Å². The number of hydrogen-bond donors (Lipinski definition) is 4. The lowest BCUT2D eigenvalue weighted by Crippen LogP contribution is -2.11. The molecule has 0 atom stereocenters.